The summed E-state index contributed by atoms with van der Waals surface area (Å²) in [6, 6.07) is 8.18. The molecule has 0 heterocycles. The van der Waals surface area contributed by atoms with E-state index in [1.165, 1.54) is 0 Å². The van der Waals surface area contributed by atoms with Gasteiger partial charge in [0.15, 0.2) is 0 Å². The second-order valence-corrected chi connectivity index (χ2v) is 5.01. The number of rotatable bonds is 6. The Labute approximate surface area is 113 Å². The van der Waals surface area contributed by atoms with Crippen LogP contribution in [0.15, 0.2) is 24.3 Å². The first-order valence-electron chi connectivity index (χ1n) is 6.46. The Balaban J connectivity index is 1.78. The summed E-state index contributed by atoms with van der Waals surface area (Å²) in [5.41, 5.74) is 1.03. The molecule has 0 spiro atoms. The van der Waals surface area contributed by atoms with Gasteiger partial charge in [0.2, 0.25) is 5.91 Å². The number of amides is 1. The highest BCUT2D eigenvalue weighted by atomic mass is 35.5. The molecule has 98 valence electrons. The van der Waals surface area contributed by atoms with Gasteiger partial charge in [0.05, 0.1) is 6.54 Å². The average molecular weight is 267 g/mol. The van der Waals surface area contributed by atoms with Gasteiger partial charge in [-0.05, 0) is 31.4 Å². The van der Waals surface area contributed by atoms with Gasteiger partial charge in [-0.15, -0.1) is 0 Å². The van der Waals surface area contributed by atoms with E-state index in [-0.39, 0.29) is 5.91 Å². The van der Waals surface area contributed by atoms with Gasteiger partial charge in [0.1, 0.15) is 0 Å². The number of benzene rings is 1. The maximum absolute atomic E-state index is 12.0. The third kappa shape index (κ3) is 3.47. The summed E-state index contributed by atoms with van der Waals surface area (Å²) < 4.78 is 0. The molecule has 0 aliphatic heterocycles. The zero-order valence-electron chi connectivity index (χ0n) is 10.7. The van der Waals surface area contributed by atoms with Gasteiger partial charge in [-0.1, -0.05) is 29.8 Å². The maximum Gasteiger partial charge on any atom is 0.236 e. The van der Waals surface area contributed by atoms with E-state index in [0.29, 0.717) is 19.1 Å². The third-order valence-electron chi connectivity index (χ3n) is 3.20. The van der Waals surface area contributed by atoms with Gasteiger partial charge >= 0.3 is 0 Å². The van der Waals surface area contributed by atoms with E-state index in [2.05, 4.69) is 5.32 Å². The fourth-order valence-electron chi connectivity index (χ4n) is 2.07. The van der Waals surface area contributed by atoms with Gasteiger partial charge in [0.25, 0.3) is 0 Å². The maximum atomic E-state index is 12.0. The van der Waals surface area contributed by atoms with E-state index in [0.717, 1.165) is 30.0 Å². The predicted molar refractivity (Wildman–Crippen MR) is 73.6 cm³/mol. The highest BCUT2D eigenvalue weighted by Crippen LogP contribution is 2.26. The molecule has 0 unspecified atom stereocenters. The van der Waals surface area contributed by atoms with Crippen LogP contribution in [-0.4, -0.2) is 29.9 Å². The van der Waals surface area contributed by atoms with Crippen LogP contribution in [0.4, 0.5) is 0 Å². The number of halogens is 1. The normalized spacial score (nSPS) is 14.6. The van der Waals surface area contributed by atoms with Crippen LogP contribution in [0.25, 0.3) is 0 Å². The molecule has 0 bridgehead atoms. The molecule has 1 fully saturated rings. The minimum absolute atomic E-state index is 0.187. The molecule has 1 amide bonds. The van der Waals surface area contributed by atoms with Gasteiger partial charge in [-0.3, -0.25) is 4.79 Å². The molecule has 1 aliphatic carbocycles. The molecule has 2 rings (SSSR count). The molecule has 0 atom stereocenters. The molecule has 4 heteroatoms. The number of likely N-dealkylation sites (N-methyl/N-ethyl adjacent to an activating group) is 1. The first kappa shape index (κ1) is 13.4. The minimum atomic E-state index is 0.187. The highest BCUT2D eigenvalue weighted by molar-refractivity contribution is 6.31. The van der Waals surface area contributed by atoms with Crippen molar-refractivity contribution < 1.29 is 4.79 Å². The van der Waals surface area contributed by atoms with Crippen LogP contribution in [0.3, 0.4) is 0 Å². The van der Waals surface area contributed by atoms with Crippen LogP contribution in [0.5, 0.6) is 0 Å². The van der Waals surface area contributed by atoms with Crippen LogP contribution < -0.4 is 5.32 Å². The van der Waals surface area contributed by atoms with Gasteiger partial charge in [-0.25, -0.2) is 0 Å². The van der Waals surface area contributed by atoms with E-state index >= 15 is 0 Å². The molecular weight excluding hydrogens is 248 g/mol. The van der Waals surface area contributed by atoms with Crippen LogP contribution >= 0.6 is 11.6 Å². The van der Waals surface area contributed by atoms with Crippen molar-refractivity contribution in [3.63, 3.8) is 0 Å². The summed E-state index contributed by atoms with van der Waals surface area (Å²) in [6.45, 7) is 3.85. The van der Waals surface area contributed by atoms with Crippen molar-refractivity contribution >= 4 is 17.5 Å². The Morgan fingerprint density at radius 3 is 2.78 bits per heavy atom. The van der Waals surface area contributed by atoms with Crippen molar-refractivity contribution in [1.29, 1.82) is 0 Å². The van der Waals surface area contributed by atoms with E-state index in [4.69, 9.17) is 11.6 Å². The summed E-state index contributed by atoms with van der Waals surface area (Å²) in [4.78, 5) is 13.9. The monoisotopic (exact) mass is 266 g/mol. The Morgan fingerprint density at radius 1 is 1.44 bits per heavy atom. The largest absolute Gasteiger partial charge is 0.339 e. The highest BCUT2D eigenvalue weighted by Gasteiger charge is 2.30. The molecule has 0 radical (unpaired) electrons. The molecular formula is C14H19ClN2O. The summed E-state index contributed by atoms with van der Waals surface area (Å²) in [5.74, 6) is 0.187. The zero-order chi connectivity index (χ0) is 13.0. The number of nitrogens with one attached hydrogen (secondary N) is 1. The summed E-state index contributed by atoms with van der Waals surface area (Å²) in [6.07, 6.45) is 2.31. The molecule has 3 nitrogen and oxygen atoms in total. The van der Waals surface area contributed by atoms with E-state index in [9.17, 15) is 4.79 Å². The Bertz CT molecular complexity index is 418. The van der Waals surface area contributed by atoms with Gasteiger partial charge < -0.3 is 10.2 Å². The molecule has 0 aromatic heterocycles. The van der Waals surface area contributed by atoms with Crippen molar-refractivity contribution in [2.75, 3.05) is 13.1 Å². The van der Waals surface area contributed by atoms with Crippen molar-refractivity contribution in [3.05, 3.63) is 34.9 Å². The fourth-order valence-corrected chi connectivity index (χ4v) is 2.27. The number of carbonyl (C=O) groups is 1. The van der Waals surface area contributed by atoms with E-state index < -0.39 is 0 Å². The van der Waals surface area contributed by atoms with Crippen molar-refractivity contribution in [3.8, 4) is 0 Å². The standard InChI is InChI=1S/C14H19ClN2O/c1-2-17(12-7-8-12)14(18)10-16-9-11-5-3-4-6-13(11)15/h3-6,12,16H,2,7-10H2,1H3. The van der Waals surface area contributed by atoms with Crippen molar-refractivity contribution in [2.24, 2.45) is 0 Å². The Morgan fingerprint density at radius 2 is 2.17 bits per heavy atom. The first-order chi connectivity index (χ1) is 8.72. The molecule has 1 saturated carbocycles. The molecule has 1 aromatic carbocycles. The lowest BCUT2D eigenvalue weighted by Gasteiger charge is -2.20. The van der Waals surface area contributed by atoms with Crippen LogP contribution in [0.1, 0.15) is 25.3 Å². The van der Waals surface area contributed by atoms with E-state index in [1.807, 2.05) is 36.1 Å². The van der Waals surface area contributed by atoms with Crippen molar-refractivity contribution in [1.82, 2.24) is 10.2 Å². The summed E-state index contributed by atoms with van der Waals surface area (Å²) in [7, 11) is 0. The summed E-state index contributed by atoms with van der Waals surface area (Å²) >= 11 is 6.05. The molecule has 18 heavy (non-hydrogen) atoms. The number of carbonyl (C=O) groups excluding carboxylic acids is 1. The van der Waals surface area contributed by atoms with Crippen LogP contribution in [0.2, 0.25) is 5.02 Å². The minimum Gasteiger partial charge on any atom is -0.339 e. The lowest BCUT2D eigenvalue weighted by atomic mass is 10.2. The second kappa shape index (κ2) is 6.21. The first-order valence-corrected chi connectivity index (χ1v) is 6.83. The molecule has 1 N–H and O–H groups in total. The fraction of sp³-hybridized carbons (Fsp3) is 0.500. The lowest BCUT2D eigenvalue weighted by Crippen LogP contribution is -2.39. The number of hydrogen-bond donors (Lipinski definition) is 1. The zero-order valence-corrected chi connectivity index (χ0v) is 11.4. The molecule has 0 saturated heterocycles. The second-order valence-electron chi connectivity index (χ2n) is 4.61. The van der Waals surface area contributed by atoms with Crippen molar-refractivity contribution in [2.45, 2.75) is 32.4 Å². The predicted octanol–water partition coefficient (Wildman–Crippen LogP) is 2.44. The Kier molecular flexibility index (Phi) is 4.61. The quantitative estimate of drug-likeness (QED) is 0.858. The molecule has 1 aliphatic rings. The SMILES string of the molecule is CCN(C(=O)CNCc1ccccc1Cl)C1CC1. The smallest absolute Gasteiger partial charge is 0.236 e. The number of hydrogen-bond acceptors (Lipinski definition) is 2. The average Bonchev–Trinajstić information content (AvgIpc) is 3.17. The van der Waals surface area contributed by atoms with E-state index in [1.54, 1.807) is 0 Å². The molecule has 1 aromatic rings. The summed E-state index contributed by atoms with van der Waals surface area (Å²) in [5, 5.41) is 3.91. The number of nitrogens with zero attached hydrogens (tertiary/aromatic N) is 1. The topological polar surface area (TPSA) is 32.3 Å². The van der Waals surface area contributed by atoms with Gasteiger partial charge in [0, 0.05) is 24.2 Å². The van der Waals surface area contributed by atoms with Crippen LogP contribution in [-0.2, 0) is 11.3 Å². The lowest BCUT2D eigenvalue weighted by molar-refractivity contribution is -0.130. The van der Waals surface area contributed by atoms with Gasteiger partial charge in [-0.2, -0.15) is 0 Å². The third-order valence-corrected chi connectivity index (χ3v) is 3.57. The Hall–Kier alpha value is -1.06. The van der Waals surface area contributed by atoms with Crippen LogP contribution in [0, 0.1) is 0 Å².